The lowest BCUT2D eigenvalue weighted by atomic mass is 9.84. The second-order valence-corrected chi connectivity index (χ2v) is 8.90. The van der Waals surface area contributed by atoms with Crippen LogP contribution in [0.2, 0.25) is 0 Å². The number of nitrogens with zero attached hydrogens (tertiary/aromatic N) is 4. The van der Waals surface area contributed by atoms with Gasteiger partial charge < -0.3 is 31.1 Å². The minimum atomic E-state index is -1.27. The van der Waals surface area contributed by atoms with Gasteiger partial charge in [0.15, 0.2) is 23.2 Å². The number of nitrogens with two attached hydrogens (primary N) is 1. The number of imidazole rings is 1. The highest BCUT2D eigenvalue weighted by atomic mass is 16.6. The van der Waals surface area contributed by atoms with Gasteiger partial charge in [-0.05, 0) is 29.9 Å². The monoisotopic (exact) mass is 454 g/mol. The van der Waals surface area contributed by atoms with E-state index in [2.05, 4.69) is 44.5 Å². The molecule has 4 atom stereocenters. The molecule has 1 saturated carbocycles. The third-order valence-corrected chi connectivity index (χ3v) is 6.78. The Labute approximate surface area is 191 Å². The lowest BCUT2D eigenvalue weighted by Crippen LogP contribution is -2.33. The number of aliphatic hydroxyl groups excluding tert-OH is 3. The van der Waals surface area contributed by atoms with Crippen LogP contribution >= 0.6 is 0 Å². The molecule has 0 unspecified atom stereocenters. The number of benzene rings is 1. The molecular weight excluding hydrogens is 424 g/mol. The van der Waals surface area contributed by atoms with Crippen LogP contribution in [0.15, 0.2) is 30.6 Å². The van der Waals surface area contributed by atoms with Crippen LogP contribution in [0.1, 0.15) is 55.4 Å². The molecule has 2 fully saturated rings. The van der Waals surface area contributed by atoms with Gasteiger partial charge in [0.05, 0.1) is 6.61 Å². The Bertz CT molecular complexity index is 1100. The van der Waals surface area contributed by atoms with E-state index in [4.69, 9.17) is 10.5 Å². The van der Waals surface area contributed by atoms with Crippen molar-refractivity contribution in [1.29, 1.82) is 0 Å². The van der Waals surface area contributed by atoms with E-state index in [1.165, 1.54) is 44.0 Å². The summed E-state index contributed by atoms with van der Waals surface area (Å²) in [7, 11) is 0. The predicted octanol–water partition coefficient (Wildman–Crippen LogP) is 1.68. The van der Waals surface area contributed by atoms with Gasteiger partial charge in [-0.25, -0.2) is 15.0 Å². The second-order valence-electron chi connectivity index (χ2n) is 8.90. The molecule has 176 valence electrons. The molecule has 2 aliphatic rings. The van der Waals surface area contributed by atoms with Crippen molar-refractivity contribution in [1.82, 2.24) is 19.5 Å². The van der Waals surface area contributed by atoms with Crippen LogP contribution in [0.5, 0.6) is 0 Å². The SMILES string of the molecule is Nc1ncnc2c1nc(NCc1ccc(C3CCCCC3)cc1)n2[C@@H]1O[C@H](CO)[C@@H](O)[C@H]1O. The van der Waals surface area contributed by atoms with E-state index >= 15 is 0 Å². The first-order valence-electron chi connectivity index (χ1n) is 11.5. The Morgan fingerprint density at radius 1 is 1.06 bits per heavy atom. The highest BCUT2D eigenvalue weighted by Gasteiger charge is 2.45. The van der Waals surface area contributed by atoms with Gasteiger partial charge in [-0.3, -0.25) is 4.57 Å². The molecule has 1 aliphatic carbocycles. The smallest absolute Gasteiger partial charge is 0.207 e. The number of rotatable bonds is 6. The third-order valence-electron chi connectivity index (χ3n) is 6.78. The summed E-state index contributed by atoms with van der Waals surface area (Å²) in [5.41, 5.74) is 9.20. The van der Waals surface area contributed by atoms with Crippen LogP contribution in [-0.2, 0) is 11.3 Å². The second kappa shape index (κ2) is 9.22. The van der Waals surface area contributed by atoms with Crippen LogP contribution < -0.4 is 11.1 Å². The molecule has 5 rings (SSSR count). The van der Waals surface area contributed by atoms with E-state index in [1.807, 2.05) is 0 Å². The van der Waals surface area contributed by atoms with Crippen LogP contribution in [0.3, 0.4) is 0 Å². The number of hydrogen-bond donors (Lipinski definition) is 5. The minimum Gasteiger partial charge on any atom is -0.394 e. The maximum atomic E-state index is 10.6. The number of nitrogen functional groups attached to an aromatic ring is 1. The number of aromatic nitrogens is 4. The van der Waals surface area contributed by atoms with Gasteiger partial charge in [0.25, 0.3) is 0 Å². The number of anilines is 2. The van der Waals surface area contributed by atoms with Crippen molar-refractivity contribution >= 4 is 22.9 Å². The van der Waals surface area contributed by atoms with Crippen molar-refractivity contribution in [2.45, 2.75) is 69.1 Å². The summed E-state index contributed by atoms with van der Waals surface area (Å²) in [5, 5.41) is 33.6. The van der Waals surface area contributed by atoms with E-state index in [0.717, 1.165) is 5.56 Å². The van der Waals surface area contributed by atoms with Crippen LogP contribution in [0.4, 0.5) is 11.8 Å². The van der Waals surface area contributed by atoms with E-state index in [0.29, 0.717) is 29.6 Å². The molecule has 33 heavy (non-hydrogen) atoms. The average Bonchev–Trinajstić information content (AvgIpc) is 3.36. The molecule has 0 spiro atoms. The van der Waals surface area contributed by atoms with Gasteiger partial charge in [-0.2, -0.15) is 0 Å². The van der Waals surface area contributed by atoms with E-state index in [1.54, 1.807) is 4.57 Å². The first-order valence-corrected chi connectivity index (χ1v) is 11.5. The maximum Gasteiger partial charge on any atom is 0.207 e. The van der Waals surface area contributed by atoms with Crippen LogP contribution in [-0.4, -0.2) is 59.8 Å². The van der Waals surface area contributed by atoms with Crippen molar-refractivity contribution in [2.75, 3.05) is 17.7 Å². The number of nitrogens with one attached hydrogen (secondary N) is 1. The topological polar surface area (TPSA) is 152 Å². The first kappa shape index (κ1) is 22.0. The third kappa shape index (κ3) is 4.15. The van der Waals surface area contributed by atoms with E-state index in [9.17, 15) is 15.3 Å². The Morgan fingerprint density at radius 2 is 1.82 bits per heavy atom. The van der Waals surface area contributed by atoms with Gasteiger partial charge in [-0.15, -0.1) is 0 Å². The minimum absolute atomic E-state index is 0.199. The fourth-order valence-corrected chi connectivity index (χ4v) is 4.91. The summed E-state index contributed by atoms with van der Waals surface area (Å²) in [6, 6.07) is 8.63. The maximum absolute atomic E-state index is 10.6. The summed E-state index contributed by atoms with van der Waals surface area (Å²) in [6.45, 7) is 0.0605. The number of ether oxygens (including phenoxy) is 1. The number of hydrogen-bond acceptors (Lipinski definition) is 9. The molecule has 6 N–H and O–H groups in total. The Morgan fingerprint density at radius 3 is 2.52 bits per heavy atom. The largest absolute Gasteiger partial charge is 0.394 e. The van der Waals surface area contributed by atoms with Gasteiger partial charge in [0.2, 0.25) is 5.95 Å². The van der Waals surface area contributed by atoms with Crippen molar-refractivity contribution < 1.29 is 20.1 Å². The Hall–Kier alpha value is -2.79. The van der Waals surface area contributed by atoms with Crippen molar-refractivity contribution in [3.8, 4) is 0 Å². The summed E-state index contributed by atoms with van der Waals surface area (Å²) in [4.78, 5) is 12.8. The highest BCUT2D eigenvalue weighted by Crippen LogP contribution is 2.35. The quantitative estimate of drug-likeness (QED) is 0.374. The molecule has 1 aromatic carbocycles. The van der Waals surface area contributed by atoms with Gasteiger partial charge in [0, 0.05) is 6.54 Å². The normalized spacial score (nSPS) is 26.2. The zero-order chi connectivity index (χ0) is 22.9. The van der Waals surface area contributed by atoms with Gasteiger partial charge >= 0.3 is 0 Å². The fourth-order valence-electron chi connectivity index (χ4n) is 4.91. The van der Waals surface area contributed by atoms with Gasteiger partial charge in [0.1, 0.15) is 24.6 Å². The lowest BCUT2D eigenvalue weighted by Gasteiger charge is -2.22. The van der Waals surface area contributed by atoms with Gasteiger partial charge in [-0.1, -0.05) is 43.5 Å². The van der Waals surface area contributed by atoms with E-state index in [-0.39, 0.29) is 5.82 Å². The lowest BCUT2D eigenvalue weighted by molar-refractivity contribution is -0.0501. The Kier molecular flexibility index (Phi) is 6.15. The number of aliphatic hydroxyl groups is 3. The van der Waals surface area contributed by atoms with Crippen molar-refractivity contribution in [3.63, 3.8) is 0 Å². The van der Waals surface area contributed by atoms with Crippen molar-refractivity contribution in [2.24, 2.45) is 0 Å². The zero-order valence-electron chi connectivity index (χ0n) is 18.3. The summed E-state index contributed by atoms with van der Waals surface area (Å²) < 4.78 is 7.30. The van der Waals surface area contributed by atoms with Crippen LogP contribution in [0.25, 0.3) is 11.2 Å². The number of fused-ring (bicyclic) bond motifs is 1. The molecule has 3 heterocycles. The summed E-state index contributed by atoms with van der Waals surface area (Å²) >= 11 is 0. The fraction of sp³-hybridized carbons (Fsp3) is 0.522. The molecule has 10 heteroatoms. The molecule has 10 nitrogen and oxygen atoms in total. The first-order chi connectivity index (χ1) is 16.1. The molecule has 0 radical (unpaired) electrons. The zero-order valence-corrected chi connectivity index (χ0v) is 18.3. The highest BCUT2D eigenvalue weighted by molar-refractivity contribution is 5.84. The molecule has 0 amide bonds. The standard InChI is InChI=1S/C23H30N6O4/c24-20-17-21(27-12-26-20)29(22-19(32)18(31)16(11-30)33-22)23(28-17)25-10-13-6-8-15(9-7-13)14-4-2-1-3-5-14/h6-9,12,14,16,18-19,22,30-32H,1-5,10-11H2,(H,25,28)(H2,24,26,27)/t16-,18-,19-,22-/m1/s1. The Balaban J connectivity index is 1.40. The molecule has 1 aliphatic heterocycles. The van der Waals surface area contributed by atoms with E-state index < -0.39 is 31.1 Å². The molecule has 2 aromatic heterocycles. The molecule has 0 bridgehead atoms. The molecule has 1 saturated heterocycles. The summed E-state index contributed by atoms with van der Waals surface area (Å²) in [5.74, 6) is 1.23. The molecular formula is C23H30N6O4. The average molecular weight is 455 g/mol. The molecule has 3 aromatic rings. The van der Waals surface area contributed by atoms with Crippen molar-refractivity contribution in [3.05, 3.63) is 41.7 Å². The predicted molar refractivity (Wildman–Crippen MR) is 122 cm³/mol. The van der Waals surface area contributed by atoms with Crippen LogP contribution in [0, 0.1) is 0 Å². The summed E-state index contributed by atoms with van der Waals surface area (Å²) in [6.07, 6.45) is 3.35.